The van der Waals surface area contributed by atoms with Crippen molar-refractivity contribution in [2.75, 3.05) is 0 Å². The van der Waals surface area contributed by atoms with Crippen LogP contribution >= 0.6 is 11.1 Å². The molecule has 0 aliphatic rings. The SMILES string of the molecule is [SiH3]Cl.c1ccc2ccccc2c1. The summed E-state index contributed by atoms with van der Waals surface area (Å²) in [7, 11) is 0.778. The van der Waals surface area contributed by atoms with Crippen LogP contribution in [0.25, 0.3) is 10.8 Å². The van der Waals surface area contributed by atoms with Gasteiger partial charge in [0.15, 0.2) is 0 Å². The quantitative estimate of drug-likeness (QED) is 0.446. The van der Waals surface area contributed by atoms with Gasteiger partial charge in [0.2, 0.25) is 0 Å². The second kappa shape index (κ2) is 4.96. The second-order valence-corrected chi connectivity index (χ2v) is 2.35. The molecule has 0 aliphatic heterocycles. The summed E-state index contributed by atoms with van der Waals surface area (Å²) in [6.45, 7) is 0. The molecule has 0 aliphatic carbocycles. The van der Waals surface area contributed by atoms with Crippen LogP contribution in [0.15, 0.2) is 48.5 Å². The van der Waals surface area contributed by atoms with E-state index in [0.717, 1.165) is 9.55 Å². The van der Waals surface area contributed by atoms with E-state index in [4.69, 9.17) is 11.1 Å². The van der Waals surface area contributed by atoms with Crippen molar-refractivity contribution in [2.24, 2.45) is 0 Å². The van der Waals surface area contributed by atoms with Crippen LogP contribution < -0.4 is 0 Å². The van der Waals surface area contributed by atoms with Crippen LogP contribution in [0.5, 0.6) is 0 Å². The van der Waals surface area contributed by atoms with Crippen LogP contribution in [-0.2, 0) is 0 Å². The first-order valence-electron chi connectivity index (χ1n) is 3.78. The van der Waals surface area contributed by atoms with E-state index in [1.54, 1.807) is 0 Å². The van der Waals surface area contributed by atoms with Gasteiger partial charge in [-0.15, -0.1) is 0 Å². The van der Waals surface area contributed by atoms with Gasteiger partial charge in [0.25, 0.3) is 0 Å². The number of benzene rings is 2. The first kappa shape index (κ1) is 9.30. The fourth-order valence-electron chi connectivity index (χ4n) is 1.13. The molecule has 0 heterocycles. The van der Waals surface area contributed by atoms with Crippen LogP contribution in [0.1, 0.15) is 0 Å². The Balaban J connectivity index is 0.000000336. The molecule has 2 aromatic carbocycles. The Labute approximate surface area is 80.3 Å². The Bertz CT molecular complexity index is 281. The Kier molecular flexibility index (Phi) is 3.84. The molecule has 0 saturated carbocycles. The van der Waals surface area contributed by atoms with Crippen LogP contribution in [0.4, 0.5) is 0 Å². The second-order valence-electron chi connectivity index (χ2n) is 2.35. The molecule has 0 spiro atoms. The minimum Gasteiger partial charge on any atom is -0.181 e. The largest absolute Gasteiger partial charge is 0.181 e. The summed E-state index contributed by atoms with van der Waals surface area (Å²) in [4.78, 5) is 0. The molecule has 0 nitrogen and oxygen atoms in total. The minimum absolute atomic E-state index is 0.778. The molecule has 0 saturated heterocycles. The average Bonchev–Trinajstić information content (AvgIpc) is 2.21. The molecule has 2 heteroatoms. The lowest BCUT2D eigenvalue weighted by molar-refractivity contribution is 1.75. The van der Waals surface area contributed by atoms with Gasteiger partial charge in [0.05, 0.1) is 0 Å². The Morgan fingerprint density at radius 2 is 0.917 bits per heavy atom. The summed E-state index contributed by atoms with van der Waals surface area (Å²) in [5.74, 6) is 0. The smallest absolute Gasteiger partial charge is 0.109 e. The minimum atomic E-state index is 0.778. The van der Waals surface area contributed by atoms with Crippen molar-refractivity contribution in [3.63, 3.8) is 0 Å². The zero-order valence-electron chi connectivity index (χ0n) is 7.00. The van der Waals surface area contributed by atoms with Crippen molar-refractivity contribution >= 4 is 31.4 Å². The van der Waals surface area contributed by atoms with E-state index >= 15 is 0 Å². The monoisotopic (exact) mass is 194 g/mol. The number of hydrogen-bond donors (Lipinski definition) is 0. The Morgan fingerprint density at radius 3 is 1.17 bits per heavy atom. The molecule has 2 aromatic rings. The van der Waals surface area contributed by atoms with E-state index < -0.39 is 0 Å². The highest BCUT2D eigenvalue weighted by Gasteiger charge is 1.85. The molecular weight excluding hydrogens is 184 g/mol. The normalized spacial score (nSPS) is 9.08. The third kappa shape index (κ3) is 2.09. The summed E-state index contributed by atoms with van der Waals surface area (Å²) in [6.07, 6.45) is 0. The summed E-state index contributed by atoms with van der Waals surface area (Å²) >= 11 is 4.78. The van der Waals surface area contributed by atoms with Gasteiger partial charge in [-0.2, -0.15) is 11.1 Å². The molecule has 0 N–H and O–H groups in total. The Morgan fingerprint density at radius 1 is 0.667 bits per heavy atom. The number of halogens is 1. The van der Waals surface area contributed by atoms with E-state index in [1.807, 2.05) is 0 Å². The molecule has 12 heavy (non-hydrogen) atoms. The fourth-order valence-corrected chi connectivity index (χ4v) is 1.13. The van der Waals surface area contributed by atoms with E-state index in [9.17, 15) is 0 Å². The molecule has 62 valence electrons. The third-order valence-electron chi connectivity index (χ3n) is 1.66. The number of rotatable bonds is 0. The highest BCUT2D eigenvalue weighted by Crippen LogP contribution is 2.11. The van der Waals surface area contributed by atoms with Crippen molar-refractivity contribution in [1.82, 2.24) is 0 Å². The molecular formula is C10H11ClSi. The van der Waals surface area contributed by atoms with Gasteiger partial charge < -0.3 is 0 Å². The molecule has 0 atom stereocenters. The van der Waals surface area contributed by atoms with Crippen LogP contribution in [0, 0.1) is 0 Å². The topological polar surface area (TPSA) is 0 Å². The van der Waals surface area contributed by atoms with Gasteiger partial charge in [-0.1, -0.05) is 48.5 Å². The van der Waals surface area contributed by atoms with E-state index in [1.165, 1.54) is 10.8 Å². The highest BCUT2D eigenvalue weighted by atomic mass is 35.6. The third-order valence-corrected chi connectivity index (χ3v) is 1.66. The van der Waals surface area contributed by atoms with Gasteiger partial charge in [0, 0.05) is 0 Å². The standard InChI is InChI=1S/C10H8.ClH3Si/c1-2-6-10-8-4-3-7-9(10)5-1;1-2/h1-8H;2H3. The van der Waals surface area contributed by atoms with E-state index in [2.05, 4.69) is 48.5 Å². The molecule has 0 amide bonds. The molecule has 0 radical (unpaired) electrons. The molecule has 0 fully saturated rings. The fraction of sp³-hybridized carbons (Fsp3) is 0. The van der Waals surface area contributed by atoms with Gasteiger partial charge >= 0.3 is 0 Å². The lowest BCUT2D eigenvalue weighted by atomic mass is 10.1. The molecule has 0 unspecified atom stereocenters. The van der Waals surface area contributed by atoms with Crippen molar-refractivity contribution in [2.45, 2.75) is 0 Å². The number of hydrogen-bond acceptors (Lipinski definition) is 0. The maximum absolute atomic E-state index is 4.78. The van der Waals surface area contributed by atoms with Gasteiger partial charge in [-0.25, -0.2) is 0 Å². The van der Waals surface area contributed by atoms with Gasteiger partial charge in [-0.05, 0) is 10.8 Å². The molecule has 0 bridgehead atoms. The van der Waals surface area contributed by atoms with Crippen molar-refractivity contribution in [3.05, 3.63) is 48.5 Å². The zero-order chi connectivity index (χ0) is 8.81. The summed E-state index contributed by atoms with van der Waals surface area (Å²) in [5.41, 5.74) is 0. The maximum Gasteiger partial charge on any atom is 0.109 e. The van der Waals surface area contributed by atoms with Crippen LogP contribution in [0.2, 0.25) is 0 Å². The van der Waals surface area contributed by atoms with Crippen LogP contribution in [-0.4, -0.2) is 9.55 Å². The van der Waals surface area contributed by atoms with Crippen molar-refractivity contribution in [1.29, 1.82) is 0 Å². The Hall–Kier alpha value is -0.793. The summed E-state index contributed by atoms with van der Waals surface area (Å²) in [5, 5.41) is 2.62. The lowest BCUT2D eigenvalue weighted by Crippen LogP contribution is -1.67. The zero-order valence-corrected chi connectivity index (χ0v) is 9.75. The highest BCUT2D eigenvalue weighted by molar-refractivity contribution is 6.80. The predicted molar refractivity (Wildman–Crippen MR) is 59.7 cm³/mol. The van der Waals surface area contributed by atoms with Gasteiger partial charge in [0.1, 0.15) is 9.55 Å². The van der Waals surface area contributed by atoms with E-state index in [-0.39, 0.29) is 0 Å². The van der Waals surface area contributed by atoms with E-state index in [0.29, 0.717) is 0 Å². The average molecular weight is 195 g/mol. The number of fused-ring (bicyclic) bond motifs is 1. The van der Waals surface area contributed by atoms with Crippen molar-refractivity contribution in [3.8, 4) is 0 Å². The van der Waals surface area contributed by atoms with Gasteiger partial charge in [-0.3, -0.25) is 0 Å². The predicted octanol–water partition coefficient (Wildman–Crippen LogP) is 2.35. The summed E-state index contributed by atoms with van der Waals surface area (Å²) in [6, 6.07) is 16.7. The van der Waals surface area contributed by atoms with Crippen molar-refractivity contribution < 1.29 is 0 Å². The first-order valence-corrected chi connectivity index (χ1v) is 6.81. The summed E-state index contributed by atoms with van der Waals surface area (Å²) < 4.78 is 0. The molecule has 0 aromatic heterocycles. The maximum atomic E-state index is 4.78. The molecule has 2 rings (SSSR count). The first-order chi connectivity index (χ1) is 5.97. The lowest BCUT2D eigenvalue weighted by Gasteiger charge is -1.92. The van der Waals surface area contributed by atoms with Crippen LogP contribution in [0.3, 0.4) is 0 Å².